The fraction of sp³-hybridized carbons (Fsp3) is 0.0417. The maximum absolute atomic E-state index is 13.6. The van der Waals surface area contributed by atoms with Gasteiger partial charge in [-0.05, 0) is 53.6 Å². The third kappa shape index (κ3) is 3.98. The molecule has 0 aliphatic rings. The van der Waals surface area contributed by atoms with E-state index in [1.165, 1.54) is 36.4 Å². The third-order valence-corrected chi connectivity index (χ3v) is 4.65. The van der Waals surface area contributed by atoms with E-state index in [-0.39, 0.29) is 17.1 Å². The molecule has 3 aromatic carbocycles. The van der Waals surface area contributed by atoms with Gasteiger partial charge < -0.3 is 10.2 Å². The molecule has 0 bridgehead atoms. The Bertz CT molecular complexity index is 1160. The lowest BCUT2D eigenvalue weighted by Crippen LogP contribution is -2.07. The molecule has 0 fully saturated rings. The molecule has 0 unspecified atom stereocenters. The summed E-state index contributed by atoms with van der Waals surface area (Å²) < 4.78 is 40.8. The summed E-state index contributed by atoms with van der Waals surface area (Å²) in [5.74, 6) is 0.0450. The van der Waals surface area contributed by atoms with Crippen LogP contribution < -0.4 is 0 Å². The van der Waals surface area contributed by atoms with E-state index in [0.29, 0.717) is 28.1 Å². The van der Waals surface area contributed by atoms with Crippen molar-refractivity contribution >= 4 is 0 Å². The van der Waals surface area contributed by atoms with Crippen molar-refractivity contribution in [2.45, 2.75) is 6.18 Å². The van der Waals surface area contributed by atoms with Crippen LogP contribution in [-0.4, -0.2) is 15.2 Å². The van der Waals surface area contributed by atoms with Gasteiger partial charge in [-0.15, -0.1) is 0 Å². The first-order valence-electron chi connectivity index (χ1n) is 9.09. The largest absolute Gasteiger partial charge is 0.508 e. The van der Waals surface area contributed by atoms with Crippen LogP contribution in [0.3, 0.4) is 0 Å². The highest BCUT2D eigenvalue weighted by Crippen LogP contribution is 2.39. The van der Waals surface area contributed by atoms with Crippen LogP contribution in [0.15, 0.2) is 84.9 Å². The number of aromatic nitrogens is 1. The van der Waals surface area contributed by atoms with Gasteiger partial charge in [-0.25, -0.2) is 4.98 Å². The Labute approximate surface area is 170 Å². The first kappa shape index (κ1) is 19.5. The monoisotopic (exact) mass is 407 g/mol. The number of hydrogen-bond donors (Lipinski definition) is 2. The lowest BCUT2D eigenvalue weighted by molar-refractivity contribution is -0.137. The molecule has 6 heteroatoms. The summed E-state index contributed by atoms with van der Waals surface area (Å²) in [4.78, 5) is 4.57. The number of aromatic hydroxyl groups is 2. The minimum absolute atomic E-state index is 0.0225. The molecule has 30 heavy (non-hydrogen) atoms. The highest BCUT2D eigenvalue weighted by Gasteiger charge is 2.33. The quantitative estimate of drug-likeness (QED) is 0.407. The molecular weight excluding hydrogens is 391 g/mol. The van der Waals surface area contributed by atoms with Gasteiger partial charge >= 0.3 is 6.18 Å². The number of rotatable bonds is 3. The molecule has 3 nitrogen and oxygen atoms in total. The van der Waals surface area contributed by atoms with Crippen molar-refractivity contribution in [2.24, 2.45) is 0 Å². The van der Waals surface area contributed by atoms with Gasteiger partial charge in [0.25, 0.3) is 0 Å². The van der Waals surface area contributed by atoms with E-state index in [4.69, 9.17) is 0 Å². The van der Waals surface area contributed by atoms with Crippen molar-refractivity contribution in [2.75, 3.05) is 0 Å². The Balaban J connectivity index is 1.98. The maximum atomic E-state index is 13.6. The second-order valence-electron chi connectivity index (χ2n) is 6.77. The van der Waals surface area contributed by atoms with Crippen molar-refractivity contribution in [1.82, 2.24) is 4.98 Å². The second kappa shape index (κ2) is 7.55. The fourth-order valence-corrected chi connectivity index (χ4v) is 3.29. The highest BCUT2D eigenvalue weighted by atomic mass is 19.4. The number of hydrogen-bond acceptors (Lipinski definition) is 3. The van der Waals surface area contributed by atoms with Crippen LogP contribution in [-0.2, 0) is 6.18 Å². The van der Waals surface area contributed by atoms with Crippen LogP contribution in [0.2, 0.25) is 0 Å². The molecule has 0 atom stereocenters. The van der Waals surface area contributed by atoms with Crippen molar-refractivity contribution in [3.8, 4) is 45.1 Å². The summed E-state index contributed by atoms with van der Waals surface area (Å²) in [6.07, 6.45) is -4.52. The van der Waals surface area contributed by atoms with E-state index in [9.17, 15) is 23.4 Å². The molecule has 1 aromatic heterocycles. The highest BCUT2D eigenvalue weighted by molar-refractivity contribution is 5.78. The molecule has 4 aromatic rings. The summed E-state index contributed by atoms with van der Waals surface area (Å²) in [5.41, 5.74) is 1.52. The fourth-order valence-electron chi connectivity index (χ4n) is 3.29. The zero-order valence-electron chi connectivity index (χ0n) is 15.6. The molecule has 4 rings (SSSR count). The molecule has 0 aliphatic carbocycles. The minimum atomic E-state index is -4.52. The van der Waals surface area contributed by atoms with Crippen molar-refractivity contribution in [3.05, 3.63) is 90.5 Å². The molecule has 0 saturated carbocycles. The molecule has 2 N–H and O–H groups in total. The van der Waals surface area contributed by atoms with Crippen LogP contribution in [0, 0.1) is 0 Å². The van der Waals surface area contributed by atoms with Crippen LogP contribution in [0.25, 0.3) is 33.6 Å². The van der Waals surface area contributed by atoms with Crippen LogP contribution in [0.4, 0.5) is 13.2 Å². The van der Waals surface area contributed by atoms with Gasteiger partial charge in [0.15, 0.2) is 0 Å². The molecule has 0 spiro atoms. The number of halogens is 3. The van der Waals surface area contributed by atoms with Gasteiger partial charge in [0.05, 0.1) is 17.0 Å². The third-order valence-electron chi connectivity index (χ3n) is 4.65. The Hall–Kier alpha value is -3.80. The van der Waals surface area contributed by atoms with Gasteiger partial charge in [0, 0.05) is 11.1 Å². The smallest absolute Gasteiger partial charge is 0.417 e. The second-order valence-corrected chi connectivity index (χ2v) is 6.77. The van der Waals surface area contributed by atoms with E-state index in [1.54, 1.807) is 42.5 Å². The zero-order valence-corrected chi connectivity index (χ0v) is 15.6. The standard InChI is InChI=1S/C24H16F3NO2/c25-24(26,27)21-10-2-1-9-20(21)17-13-22(15-5-3-7-18(29)11-15)28-23(14-17)16-6-4-8-19(30)12-16/h1-14,29-30H. The lowest BCUT2D eigenvalue weighted by Gasteiger charge is -2.15. The number of benzene rings is 3. The van der Waals surface area contributed by atoms with Crippen LogP contribution >= 0.6 is 0 Å². The number of phenolic OH excluding ortho intramolecular Hbond substituents is 2. The number of alkyl halides is 3. The Morgan fingerprint density at radius 1 is 0.600 bits per heavy atom. The topological polar surface area (TPSA) is 53.4 Å². The van der Waals surface area contributed by atoms with E-state index in [0.717, 1.165) is 6.07 Å². The molecule has 0 aliphatic heterocycles. The summed E-state index contributed by atoms with van der Waals surface area (Å²) >= 11 is 0. The average molecular weight is 407 g/mol. The predicted octanol–water partition coefficient (Wildman–Crippen LogP) is 6.51. The van der Waals surface area contributed by atoms with Crippen LogP contribution in [0.5, 0.6) is 11.5 Å². The van der Waals surface area contributed by atoms with Gasteiger partial charge in [-0.1, -0.05) is 42.5 Å². The Morgan fingerprint density at radius 2 is 1.13 bits per heavy atom. The number of phenols is 2. The minimum Gasteiger partial charge on any atom is -0.508 e. The predicted molar refractivity (Wildman–Crippen MR) is 109 cm³/mol. The average Bonchev–Trinajstić information content (AvgIpc) is 2.73. The van der Waals surface area contributed by atoms with Crippen molar-refractivity contribution in [3.63, 3.8) is 0 Å². The summed E-state index contributed by atoms with van der Waals surface area (Å²) in [5, 5.41) is 19.6. The van der Waals surface area contributed by atoms with Gasteiger partial charge in [0.1, 0.15) is 11.5 Å². The molecule has 0 radical (unpaired) electrons. The summed E-state index contributed by atoms with van der Waals surface area (Å²) in [6, 6.07) is 21.2. The normalized spacial score (nSPS) is 11.4. The SMILES string of the molecule is Oc1cccc(-c2cc(-c3ccccc3C(F)(F)F)cc(-c3cccc(O)c3)n2)c1. The lowest BCUT2D eigenvalue weighted by atomic mass is 9.96. The summed E-state index contributed by atoms with van der Waals surface area (Å²) in [6.45, 7) is 0. The zero-order chi connectivity index (χ0) is 21.3. The Morgan fingerprint density at radius 3 is 1.63 bits per heavy atom. The molecule has 1 heterocycles. The van der Waals surface area contributed by atoms with Crippen molar-refractivity contribution < 1.29 is 23.4 Å². The Kier molecular flexibility index (Phi) is 4.91. The van der Waals surface area contributed by atoms with E-state index in [1.807, 2.05) is 0 Å². The van der Waals surface area contributed by atoms with Crippen LogP contribution in [0.1, 0.15) is 5.56 Å². The van der Waals surface area contributed by atoms with Crippen molar-refractivity contribution in [1.29, 1.82) is 0 Å². The van der Waals surface area contributed by atoms with E-state index >= 15 is 0 Å². The molecule has 0 saturated heterocycles. The maximum Gasteiger partial charge on any atom is 0.417 e. The molecule has 0 amide bonds. The number of pyridine rings is 1. The summed E-state index contributed by atoms with van der Waals surface area (Å²) in [7, 11) is 0. The van der Waals surface area contributed by atoms with Gasteiger partial charge in [-0.2, -0.15) is 13.2 Å². The first-order chi connectivity index (χ1) is 14.3. The first-order valence-corrected chi connectivity index (χ1v) is 9.09. The molecular formula is C24H16F3NO2. The number of nitrogens with zero attached hydrogens (tertiary/aromatic N) is 1. The van der Waals surface area contributed by atoms with Gasteiger partial charge in [0.2, 0.25) is 0 Å². The van der Waals surface area contributed by atoms with Gasteiger partial charge in [-0.3, -0.25) is 0 Å². The van der Waals surface area contributed by atoms with E-state index in [2.05, 4.69) is 4.98 Å². The van der Waals surface area contributed by atoms with E-state index < -0.39 is 11.7 Å². The molecule has 150 valence electrons.